The molecule has 1 aliphatic rings. The Kier molecular flexibility index (Phi) is 4.32. The highest BCUT2D eigenvalue weighted by Crippen LogP contribution is 2.32. The van der Waals surface area contributed by atoms with Crippen molar-refractivity contribution in [1.82, 2.24) is 14.9 Å². The molecule has 122 valence electrons. The molecule has 6 heteroatoms. The number of amides is 1. The highest BCUT2D eigenvalue weighted by molar-refractivity contribution is 5.79. The first-order valence-corrected chi connectivity index (χ1v) is 7.89. The van der Waals surface area contributed by atoms with Gasteiger partial charge in [-0.05, 0) is 25.8 Å². The first kappa shape index (κ1) is 15.5. The molecule has 1 saturated heterocycles. The molecule has 3 rings (SSSR count). The number of anilines is 1. The third-order valence-electron chi connectivity index (χ3n) is 4.28. The lowest BCUT2D eigenvalue weighted by Crippen LogP contribution is -2.40. The van der Waals surface area contributed by atoms with Crippen LogP contribution in [0.1, 0.15) is 18.5 Å². The maximum absolute atomic E-state index is 12.1. The lowest BCUT2D eigenvalue weighted by atomic mass is 9.95. The zero-order chi connectivity index (χ0) is 16.4. The van der Waals surface area contributed by atoms with Crippen molar-refractivity contribution >= 4 is 11.6 Å². The van der Waals surface area contributed by atoms with Crippen LogP contribution in [0.25, 0.3) is 11.5 Å². The van der Waals surface area contributed by atoms with Gasteiger partial charge in [0, 0.05) is 39.3 Å². The third-order valence-corrected chi connectivity index (χ3v) is 4.28. The van der Waals surface area contributed by atoms with Gasteiger partial charge in [-0.1, -0.05) is 0 Å². The Bertz CT molecular complexity index is 687. The highest BCUT2D eigenvalue weighted by atomic mass is 16.3. The normalized spacial score (nSPS) is 15.7. The molecule has 1 amide bonds. The molecule has 2 aromatic heterocycles. The van der Waals surface area contributed by atoms with Crippen LogP contribution in [0.4, 0.5) is 5.69 Å². The number of carbonyl (C=O) groups is 1. The van der Waals surface area contributed by atoms with Crippen LogP contribution in [-0.4, -0.2) is 48.0 Å². The summed E-state index contributed by atoms with van der Waals surface area (Å²) >= 11 is 0. The van der Waals surface area contributed by atoms with E-state index >= 15 is 0 Å². The van der Waals surface area contributed by atoms with Gasteiger partial charge in [0.15, 0.2) is 0 Å². The smallest absolute Gasteiger partial charge is 0.228 e. The molecule has 0 N–H and O–H groups in total. The molecule has 1 aliphatic heterocycles. The zero-order valence-electron chi connectivity index (χ0n) is 13.8. The number of pyridine rings is 1. The van der Waals surface area contributed by atoms with Gasteiger partial charge in [-0.15, -0.1) is 0 Å². The molecule has 1 fully saturated rings. The predicted octanol–water partition coefficient (Wildman–Crippen LogP) is 2.35. The summed E-state index contributed by atoms with van der Waals surface area (Å²) in [5.41, 5.74) is 2.83. The number of aromatic nitrogens is 2. The molecule has 0 radical (unpaired) electrons. The summed E-state index contributed by atoms with van der Waals surface area (Å²) in [6, 6.07) is 1.93. The molecule has 0 saturated carbocycles. The van der Waals surface area contributed by atoms with E-state index in [2.05, 4.69) is 14.9 Å². The number of rotatable bonds is 3. The number of nitrogens with zero attached hydrogens (tertiary/aromatic N) is 4. The molecule has 6 nitrogen and oxygen atoms in total. The molecule has 23 heavy (non-hydrogen) atoms. The minimum atomic E-state index is 0.116. The fourth-order valence-electron chi connectivity index (χ4n) is 3.03. The average molecular weight is 314 g/mol. The molecule has 0 spiro atoms. The van der Waals surface area contributed by atoms with Crippen molar-refractivity contribution in [2.75, 3.05) is 32.1 Å². The minimum Gasteiger partial charge on any atom is -0.444 e. The summed E-state index contributed by atoms with van der Waals surface area (Å²) in [5, 5.41) is 0. The van der Waals surface area contributed by atoms with E-state index in [1.165, 1.54) is 0 Å². The molecule has 0 bridgehead atoms. The van der Waals surface area contributed by atoms with Gasteiger partial charge in [-0.3, -0.25) is 9.78 Å². The summed E-state index contributed by atoms with van der Waals surface area (Å²) in [6.07, 6.45) is 6.97. The van der Waals surface area contributed by atoms with Crippen LogP contribution in [0.3, 0.4) is 0 Å². The van der Waals surface area contributed by atoms with Gasteiger partial charge in [0.05, 0.1) is 23.1 Å². The number of aryl methyl sites for hydroxylation is 1. The molecule has 0 atom stereocenters. The lowest BCUT2D eigenvalue weighted by molar-refractivity contribution is -0.133. The summed E-state index contributed by atoms with van der Waals surface area (Å²) in [7, 11) is 3.64. The van der Waals surface area contributed by atoms with Gasteiger partial charge in [-0.2, -0.15) is 0 Å². The van der Waals surface area contributed by atoms with E-state index in [9.17, 15) is 4.79 Å². The highest BCUT2D eigenvalue weighted by Gasteiger charge is 2.27. The van der Waals surface area contributed by atoms with Crippen LogP contribution in [0.5, 0.6) is 0 Å². The molecule has 3 heterocycles. The minimum absolute atomic E-state index is 0.116. The molecule has 0 unspecified atom stereocenters. The van der Waals surface area contributed by atoms with Gasteiger partial charge >= 0.3 is 0 Å². The Balaban J connectivity index is 1.78. The van der Waals surface area contributed by atoms with Crippen molar-refractivity contribution in [2.24, 2.45) is 5.92 Å². The van der Waals surface area contributed by atoms with E-state index < -0.39 is 0 Å². The summed E-state index contributed by atoms with van der Waals surface area (Å²) in [5.74, 6) is 0.955. The van der Waals surface area contributed by atoms with Crippen LogP contribution in [0.2, 0.25) is 0 Å². The van der Waals surface area contributed by atoms with Crippen molar-refractivity contribution in [3.05, 3.63) is 30.4 Å². The topological polar surface area (TPSA) is 62.5 Å². The number of hydrogen-bond donors (Lipinski definition) is 0. The number of oxazole rings is 1. The monoisotopic (exact) mass is 314 g/mol. The van der Waals surface area contributed by atoms with E-state index in [-0.39, 0.29) is 11.8 Å². The summed E-state index contributed by atoms with van der Waals surface area (Å²) < 4.78 is 5.55. The Morgan fingerprint density at radius 3 is 2.70 bits per heavy atom. The molecule has 0 aliphatic carbocycles. The summed E-state index contributed by atoms with van der Waals surface area (Å²) in [6.45, 7) is 3.58. The van der Waals surface area contributed by atoms with Crippen molar-refractivity contribution in [1.29, 1.82) is 0 Å². The van der Waals surface area contributed by atoms with Crippen LogP contribution in [0, 0.1) is 12.8 Å². The maximum atomic E-state index is 12.1. The first-order valence-electron chi connectivity index (χ1n) is 7.89. The second-order valence-corrected chi connectivity index (χ2v) is 6.18. The summed E-state index contributed by atoms with van der Waals surface area (Å²) in [4.78, 5) is 24.7. The van der Waals surface area contributed by atoms with Crippen LogP contribution >= 0.6 is 0 Å². The van der Waals surface area contributed by atoms with Gasteiger partial charge in [0.1, 0.15) is 6.26 Å². The Morgan fingerprint density at radius 1 is 1.35 bits per heavy atom. The van der Waals surface area contributed by atoms with E-state index in [0.717, 1.165) is 42.9 Å². The predicted molar refractivity (Wildman–Crippen MR) is 88.1 cm³/mol. The van der Waals surface area contributed by atoms with Gasteiger partial charge < -0.3 is 14.2 Å². The van der Waals surface area contributed by atoms with Gasteiger partial charge in [-0.25, -0.2) is 4.98 Å². The zero-order valence-corrected chi connectivity index (χ0v) is 13.8. The van der Waals surface area contributed by atoms with Crippen LogP contribution < -0.4 is 4.90 Å². The largest absolute Gasteiger partial charge is 0.444 e. The molecule has 2 aromatic rings. The van der Waals surface area contributed by atoms with E-state index in [1.54, 1.807) is 17.4 Å². The van der Waals surface area contributed by atoms with Crippen molar-refractivity contribution in [3.63, 3.8) is 0 Å². The number of carbonyl (C=O) groups excluding carboxylic acids is 1. The lowest BCUT2D eigenvalue weighted by Gasteiger charge is -2.34. The quantitative estimate of drug-likeness (QED) is 0.870. The number of hydrogen-bond acceptors (Lipinski definition) is 5. The van der Waals surface area contributed by atoms with Crippen LogP contribution in [0.15, 0.2) is 29.1 Å². The maximum Gasteiger partial charge on any atom is 0.228 e. The fraction of sp³-hybridized carbons (Fsp3) is 0.471. The molecular weight excluding hydrogens is 292 g/mol. The van der Waals surface area contributed by atoms with Gasteiger partial charge in [0.2, 0.25) is 11.8 Å². The number of piperidine rings is 1. The van der Waals surface area contributed by atoms with Crippen molar-refractivity contribution < 1.29 is 9.21 Å². The first-order chi connectivity index (χ1) is 11.1. The van der Waals surface area contributed by atoms with Crippen molar-refractivity contribution in [2.45, 2.75) is 19.8 Å². The average Bonchev–Trinajstić information content (AvgIpc) is 3.00. The third kappa shape index (κ3) is 3.21. The second kappa shape index (κ2) is 6.40. The van der Waals surface area contributed by atoms with E-state index in [0.29, 0.717) is 5.89 Å². The standard InChI is InChI=1S/C17H22N4O2/c1-12-11-23-16(19-12)14-4-7-18-10-15(14)21-8-5-13(6-9-21)17(22)20(2)3/h4,7,10-11,13H,5-6,8-9H2,1-3H3. The molecule has 0 aromatic carbocycles. The Hall–Kier alpha value is -2.37. The van der Waals surface area contributed by atoms with Crippen LogP contribution in [-0.2, 0) is 4.79 Å². The second-order valence-electron chi connectivity index (χ2n) is 6.18. The SMILES string of the molecule is Cc1coc(-c2ccncc2N2CCC(C(=O)N(C)C)CC2)n1. The fourth-order valence-corrected chi connectivity index (χ4v) is 3.03. The van der Waals surface area contributed by atoms with E-state index in [1.807, 2.05) is 33.3 Å². The Labute approximate surface area is 136 Å². The Morgan fingerprint density at radius 2 is 2.09 bits per heavy atom. The van der Waals surface area contributed by atoms with E-state index in [4.69, 9.17) is 4.42 Å². The van der Waals surface area contributed by atoms with Gasteiger partial charge in [0.25, 0.3) is 0 Å². The van der Waals surface area contributed by atoms with Crippen molar-refractivity contribution in [3.8, 4) is 11.5 Å². The molecular formula is C17H22N4O2.